The maximum Gasteiger partial charge on any atom is 0.125 e. The van der Waals surface area contributed by atoms with Gasteiger partial charge in [0.2, 0.25) is 0 Å². The summed E-state index contributed by atoms with van der Waals surface area (Å²) in [5.41, 5.74) is 1.59. The number of nitrogens with one attached hydrogen (secondary N) is 2. The number of rotatable bonds is 3. The molecular weight excluding hydrogens is 296 g/mol. The van der Waals surface area contributed by atoms with Crippen LogP contribution in [0.5, 0.6) is 0 Å². The summed E-state index contributed by atoms with van der Waals surface area (Å²) in [7, 11) is 0. The van der Waals surface area contributed by atoms with Crippen LogP contribution < -0.4 is 5.32 Å². The zero-order valence-corrected chi connectivity index (χ0v) is 10.4. The molecule has 0 spiro atoms. The number of anilines is 1. The van der Waals surface area contributed by atoms with E-state index in [1.165, 1.54) is 12.1 Å². The summed E-state index contributed by atoms with van der Waals surface area (Å²) in [5, 5.41) is 10.1. The molecule has 0 aliphatic carbocycles. The molecule has 16 heavy (non-hydrogen) atoms. The second-order valence-corrected chi connectivity index (χ2v) is 4.44. The van der Waals surface area contributed by atoms with E-state index in [1.54, 1.807) is 6.20 Å². The molecule has 0 saturated carbocycles. The lowest BCUT2D eigenvalue weighted by Crippen LogP contribution is -2.01. The third-order valence-corrected chi connectivity index (χ3v) is 2.94. The van der Waals surface area contributed by atoms with Crippen LogP contribution in [0.1, 0.15) is 5.69 Å². The SMILES string of the molecule is Fc1cc(Cl)c(NCc2ccn[nH]2)c(Br)c1. The summed E-state index contributed by atoms with van der Waals surface area (Å²) in [4.78, 5) is 0. The number of aromatic amines is 1. The molecule has 84 valence electrons. The molecule has 0 saturated heterocycles. The highest BCUT2D eigenvalue weighted by molar-refractivity contribution is 9.10. The number of halogens is 3. The highest BCUT2D eigenvalue weighted by atomic mass is 79.9. The van der Waals surface area contributed by atoms with Crippen LogP contribution in [0.2, 0.25) is 5.02 Å². The van der Waals surface area contributed by atoms with Crippen LogP contribution in [-0.4, -0.2) is 10.2 Å². The van der Waals surface area contributed by atoms with Gasteiger partial charge in [-0.25, -0.2) is 4.39 Å². The van der Waals surface area contributed by atoms with Gasteiger partial charge in [-0.1, -0.05) is 11.6 Å². The van der Waals surface area contributed by atoms with Gasteiger partial charge in [0.15, 0.2) is 0 Å². The lowest BCUT2D eigenvalue weighted by atomic mass is 10.3. The van der Waals surface area contributed by atoms with Crippen LogP contribution in [0.3, 0.4) is 0 Å². The topological polar surface area (TPSA) is 40.7 Å². The molecule has 2 N–H and O–H groups in total. The highest BCUT2D eigenvalue weighted by Gasteiger charge is 2.07. The molecule has 0 fully saturated rings. The van der Waals surface area contributed by atoms with E-state index in [2.05, 4.69) is 31.4 Å². The van der Waals surface area contributed by atoms with Crippen molar-refractivity contribution in [3.8, 4) is 0 Å². The fraction of sp³-hybridized carbons (Fsp3) is 0.100. The molecule has 3 nitrogen and oxygen atoms in total. The minimum atomic E-state index is -0.371. The first kappa shape index (κ1) is 11.4. The number of benzene rings is 1. The van der Waals surface area contributed by atoms with Crippen molar-refractivity contribution in [3.05, 3.63) is 45.4 Å². The predicted molar refractivity (Wildman–Crippen MR) is 65.0 cm³/mol. The van der Waals surface area contributed by atoms with Crippen LogP contribution in [0.25, 0.3) is 0 Å². The lowest BCUT2D eigenvalue weighted by molar-refractivity contribution is 0.627. The Morgan fingerprint density at radius 3 is 2.94 bits per heavy atom. The normalized spacial score (nSPS) is 10.4. The van der Waals surface area contributed by atoms with Gasteiger partial charge in [-0.3, -0.25) is 5.10 Å². The van der Waals surface area contributed by atoms with Crippen molar-refractivity contribution < 1.29 is 4.39 Å². The zero-order valence-electron chi connectivity index (χ0n) is 8.10. The van der Waals surface area contributed by atoms with Gasteiger partial charge in [-0.05, 0) is 34.1 Å². The van der Waals surface area contributed by atoms with Crippen molar-refractivity contribution in [1.82, 2.24) is 10.2 Å². The first-order valence-corrected chi connectivity index (χ1v) is 5.70. The third-order valence-electron chi connectivity index (χ3n) is 2.02. The first-order chi connectivity index (χ1) is 7.66. The Labute approximate surface area is 105 Å². The standard InChI is InChI=1S/C10H8BrClFN3/c11-8-3-6(13)4-9(12)10(8)14-5-7-1-2-15-16-7/h1-4,14H,5H2,(H,15,16). The van der Waals surface area contributed by atoms with Crippen molar-refractivity contribution in [3.63, 3.8) is 0 Å². The summed E-state index contributed by atoms with van der Waals surface area (Å²) in [6, 6.07) is 4.47. The largest absolute Gasteiger partial charge is 0.377 e. The van der Waals surface area contributed by atoms with Gasteiger partial charge < -0.3 is 5.32 Å². The van der Waals surface area contributed by atoms with Gasteiger partial charge in [0.25, 0.3) is 0 Å². The summed E-state index contributed by atoms with van der Waals surface area (Å²) in [6.45, 7) is 0.546. The monoisotopic (exact) mass is 303 g/mol. The summed E-state index contributed by atoms with van der Waals surface area (Å²) >= 11 is 9.17. The molecule has 0 aliphatic heterocycles. The molecule has 1 heterocycles. The second-order valence-electron chi connectivity index (χ2n) is 3.18. The van der Waals surface area contributed by atoms with Gasteiger partial charge in [-0.2, -0.15) is 5.10 Å². The number of aromatic nitrogens is 2. The molecule has 0 bridgehead atoms. The van der Waals surface area contributed by atoms with Gasteiger partial charge in [0.05, 0.1) is 22.9 Å². The Morgan fingerprint density at radius 2 is 2.31 bits per heavy atom. The minimum absolute atomic E-state index is 0.339. The van der Waals surface area contributed by atoms with Crippen LogP contribution in [0.4, 0.5) is 10.1 Å². The average molecular weight is 305 g/mol. The van der Waals surface area contributed by atoms with E-state index in [1.807, 2.05) is 6.07 Å². The summed E-state index contributed by atoms with van der Waals surface area (Å²) in [6.07, 6.45) is 1.67. The fourth-order valence-corrected chi connectivity index (χ4v) is 2.24. The maximum atomic E-state index is 13.0. The first-order valence-electron chi connectivity index (χ1n) is 4.53. The van der Waals surface area contributed by atoms with E-state index in [0.29, 0.717) is 21.7 Å². The maximum absolute atomic E-state index is 13.0. The van der Waals surface area contributed by atoms with Gasteiger partial charge in [0, 0.05) is 10.7 Å². The number of nitrogens with zero attached hydrogens (tertiary/aromatic N) is 1. The van der Waals surface area contributed by atoms with E-state index in [4.69, 9.17) is 11.6 Å². The van der Waals surface area contributed by atoms with Crippen LogP contribution in [0, 0.1) is 5.82 Å². The Hall–Kier alpha value is -1.07. The second kappa shape index (κ2) is 4.84. The van der Waals surface area contributed by atoms with Gasteiger partial charge >= 0.3 is 0 Å². The van der Waals surface area contributed by atoms with Crippen LogP contribution in [0.15, 0.2) is 28.9 Å². The molecule has 1 aromatic carbocycles. The van der Waals surface area contributed by atoms with Crippen molar-refractivity contribution in [1.29, 1.82) is 0 Å². The van der Waals surface area contributed by atoms with E-state index in [-0.39, 0.29) is 5.82 Å². The summed E-state index contributed by atoms with van der Waals surface area (Å²) in [5.74, 6) is -0.371. The average Bonchev–Trinajstić information content (AvgIpc) is 2.68. The molecule has 0 unspecified atom stereocenters. The quantitative estimate of drug-likeness (QED) is 0.910. The number of hydrogen-bond acceptors (Lipinski definition) is 2. The molecule has 2 rings (SSSR count). The molecule has 0 atom stereocenters. The lowest BCUT2D eigenvalue weighted by Gasteiger charge is -2.09. The Balaban J connectivity index is 2.15. The van der Waals surface area contributed by atoms with Crippen LogP contribution >= 0.6 is 27.5 Å². The highest BCUT2D eigenvalue weighted by Crippen LogP contribution is 2.31. The van der Waals surface area contributed by atoms with E-state index >= 15 is 0 Å². The predicted octanol–water partition coefficient (Wildman–Crippen LogP) is 3.58. The number of hydrogen-bond donors (Lipinski definition) is 2. The van der Waals surface area contributed by atoms with E-state index in [0.717, 1.165) is 5.69 Å². The molecule has 0 radical (unpaired) electrons. The molecule has 0 aliphatic rings. The molecule has 1 aromatic heterocycles. The van der Waals surface area contributed by atoms with Crippen molar-refractivity contribution in [2.45, 2.75) is 6.54 Å². The minimum Gasteiger partial charge on any atom is -0.377 e. The van der Waals surface area contributed by atoms with Crippen molar-refractivity contribution >= 4 is 33.2 Å². The van der Waals surface area contributed by atoms with Gasteiger partial charge in [-0.15, -0.1) is 0 Å². The third kappa shape index (κ3) is 2.54. The smallest absolute Gasteiger partial charge is 0.125 e. The van der Waals surface area contributed by atoms with E-state index in [9.17, 15) is 4.39 Å². The molecule has 0 amide bonds. The molecule has 6 heteroatoms. The van der Waals surface area contributed by atoms with E-state index < -0.39 is 0 Å². The Morgan fingerprint density at radius 1 is 1.50 bits per heavy atom. The fourth-order valence-electron chi connectivity index (χ4n) is 1.28. The van der Waals surface area contributed by atoms with Crippen molar-refractivity contribution in [2.75, 3.05) is 5.32 Å². The van der Waals surface area contributed by atoms with Gasteiger partial charge in [0.1, 0.15) is 5.82 Å². The summed E-state index contributed by atoms with van der Waals surface area (Å²) < 4.78 is 13.6. The number of H-pyrrole nitrogens is 1. The molecule has 2 aromatic rings. The Kier molecular flexibility index (Phi) is 3.46. The van der Waals surface area contributed by atoms with Crippen molar-refractivity contribution in [2.24, 2.45) is 0 Å². The zero-order chi connectivity index (χ0) is 11.5. The van der Waals surface area contributed by atoms with Crippen LogP contribution in [-0.2, 0) is 6.54 Å². The Bertz CT molecular complexity index is 464. The molecular formula is C10H8BrClFN3.